The summed E-state index contributed by atoms with van der Waals surface area (Å²) in [6.07, 6.45) is 0.983. The van der Waals surface area contributed by atoms with Gasteiger partial charge in [0.25, 0.3) is 0 Å². The molecule has 0 aliphatic carbocycles. The molecule has 1 aromatic rings. The molecule has 1 aliphatic heterocycles. The van der Waals surface area contributed by atoms with E-state index >= 15 is 0 Å². The maximum Gasteiger partial charge on any atom is 0.0760 e. The Morgan fingerprint density at radius 3 is 2.29 bits per heavy atom. The number of hydrogen-bond donors (Lipinski definition) is 1. The molecule has 3 nitrogen and oxygen atoms in total. The summed E-state index contributed by atoms with van der Waals surface area (Å²) in [5, 5.41) is 0. The lowest BCUT2D eigenvalue weighted by Gasteiger charge is -2.47. The molecule has 0 radical (unpaired) electrons. The van der Waals surface area contributed by atoms with Crippen molar-refractivity contribution in [2.45, 2.75) is 58.3 Å². The molecule has 1 heterocycles. The Morgan fingerprint density at radius 1 is 1.14 bits per heavy atom. The van der Waals surface area contributed by atoms with E-state index in [0.29, 0.717) is 0 Å². The minimum Gasteiger partial charge on any atom is -0.367 e. The highest BCUT2D eigenvalue weighted by Crippen LogP contribution is 2.28. The lowest BCUT2D eigenvalue weighted by molar-refractivity contribution is -0.180. The summed E-state index contributed by atoms with van der Waals surface area (Å²) >= 11 is 0. The Hall–Kier alpha value is -0.900. The van der Waals surface area contributed by atoms with Gasteiger partial charge in [0, 0.05) is 25.7 Å². The molecular weight excluding hydrogens is 260 g/mol. The third kappa shape index (κ3) is 4.53. The van der Waals surface area contributed by atoms with Gasteiger partial charge in [-0.05, 0) is 52.2 Å². The first kappa shape index (κ1) is 16.5. The van der Waals surface area contributed by atoms with Crippen molar-refractivity contribution in [2.24, 2.45) is 5.73 Å². The van der Waals surface area contributed by atoms with Crippen LogP contribution in [0.15, 0.2) is 24.3 Å². The maximum atomic E-state index is 6.39. The topological polar surface area (TPSA) is 38.5 Å². The molecule has 0 aromatic heterocycles. The van der Waals surface area contributed by atoms with Gasteiger partial charge in [-0.2, -0.15) is 0 Å². The largest absolute Gasteiger partial charge is 0.367 e. The van der Waals surface area contributed by atoms with E-state index in [0.717, 1.165) is 26.1 Å². The van der Waals surface area contributed by atoms with Gasteiger partial charge in [-0.3, -0.25) is 4.90 Å². The van der Waals surface area contributed by atoms with Crippen molar-refractivity contribution < 1.29 is 4.74 Å². The van der Waals surface area contributed by atoms with E-state index in [1.807, 2.05) is 0 Å². The van der Waals surface area contributed by atoms with E-state index < -0.39 is 0 Å². The second-order valence-electron chi connectivity index (χ2n) is 7.58. The molecule has 2 rings (SSSR count). The van der Waals surface area contributed by atoms with Crippen LogP contribution in [0.1, 0.15) is 51.3 Å². The molecule has 0 amide bonds. The number of rotatable bonds is 4. The molecule has 1 saturated heterocycles. The molecule has 1 fully saturated rings. The van der Waals surface area contributed by atoms with Gasteiger partial charge in [0.1, 0.15) is 0 Å². The molecule has 1 unspecified atom stereocenters. The number of hydrogen-bond acceptors (Lipinski definition) is 3. The predicted molar refractivity (Wildman–Crippen MR) is 88.4 cm³/mol. The third-order valence-electron chi connectivity index (χ3n) is 4.11. The van der Waals surface area contributed by atoms with Crippen molar-refractivity contribution in [3.63, 3.8) is 0 Å². The smallest absolute Gasteiger partial charge is 0.0760 e. The number of ether oxygens (including phenoxy) is 1. The molecule has 0 saturated carbocycles. The van der Waals surface area contributed by atoms with E-state index in [1.54, 1.807) is 0 Å². The molecule has 2 N–H and O–H groups in total. The number of nitrogens with two attached hydrogens (primary N) is 1. The van der Waals surface area contributed by atoms with Crippen LogP contribution < -0.4 is 5.73 Å². The van der Waals surface area contributed by atoms with Crippen LogP contribution in [0.5, 0.6) is 0 Å². The van der Waals surface area contributed by atoms with Crippen LogP contribution in [0.2, 0.25) is 0 Å². The second-order valence-corrected chi connectivity index (χ2v) is 7.58. The second kappa shape index (κ2) is 6.07. The van der Waals surface area contributed by atoms with Crippen LogP contribution in [-0.2, 0) is 4.74 Å². The fourth-order valence-corrected chi connectivity index (χ4v) is 3.58. The summed E-state index contributed by atoms with van der Waals surface area (Å²) in [4.78, 5) is 2.49. The zero-order valence-electron chi connectivity index (χ0n) is 14.1. The molecule has 1 aliphatic rings. The van der Waals surface area contributed by atoms with Crippen LogP contribution >= 0.6 is 0 Å². The fraction of sp³-hybridized carbons (Fsp3) is 0.667. The van der Waals surface area contributed by atoms with Crippen molar-refractivity contribution >= 4 is 0 Å². The van der Waals surface area contributed by atoms with Crippen molar-refractivity contribution in [1.29, 1.82) is 0 Å². The highest BCUT2D eigenvalue weighted by atomic mass is 16.5. The number of nitrogens with zero attached hydrogens (tertiary/aromatic N) is 1. The lowest BCUT2D eigenvalue weighted by atomic mass is 9.96. The van der Waals surface area contributed by atoms with Gasteiger partial charge in [0.15, 0.2) is 0 Å². The van der Waals surface area contributed by atoms with E-state index in [2.05, 4.69) is 63.8 Å². The van der Waals surface area contributed by atoms with Gasteiger partial charge in [-0.1, -0.05) is 24.3 Å². The average Bonchev–Trinajstić information content (AvgIpc) is 2.33. The van der Waals surface area contributed by atoms with E-state index in [4.69, 9.17) is 10.5 Å². The van der Waals surface area contributed by atoms with Gasteiger partial charge in [-0.15, -0.1) is 0 Å². The molecule has 0 spiro atoms. The van der Waals surface area contributed by atoms with Crippen LogP contribution in [0, 0.1) is 6.92 Å². The fourth-order valence-electron chi connectivity index (χ4n) is 3.58. The van der Waals surface area contributed by atoms with Crippen molar-refractivity contribution in [3.8, 4) is 0 Å². The monoisotopic (exact) mass is 290 g/mol. The molecule has 3 heteroatoms. The van der Waals surface area contributed by atoms with Gasteiger partial charge in [0.2, 0.25) is 0 Å². The van der Waals surface area contributed by atoms with Crippen molar-refractivity contribution in [2.75, 3.05) is 19.6 Å². The summed E-state index contributed by atoms with van der Waals surface area (Å²) in [6, 6.07) is 8.53. The van der Waals surface area contributed by atoms with Crippen LogP contribution in [0.3, 0.4) is 0 Å². The van der Waals surface area contributed by atoms with Gasteiger partial charge >= 0.3 is 0 Å². The summed E-state index contributed by atoms with van der Waals surface area (Å²) in [5.74, 6) is 0. The molecule has 1 atom stereocenters. The number of morpholine rings is 1. The highest BCUT2D eigenvalue weighted by molar-refractivity contribution is 5.28. The van der Waals surface area contributed by atoms with Crippen LogP contribution in [0.25, 0.3) is 0 Å². The Balaban J connectivity index is 1.95. The Bertz CT molecular complexity index is 466. The standard InChI is InChI=1S/C18H30N2O/c1-14-8-6-7-9-15(14)16(19)10-11-20-12-17(2,3)21-18(4,5)13-20/h6-9,16H,10-13,19H2,1-5H3. The Labute approximate surface area is 129 Å². The SMILES string of the molecule is Cc1ccccc1C(N)CCN1CC(C)(C)OC(C)(C)C1. The van der Waals surface area contributed by atoms with E-state index in [9.17, 15) is 0 Å². The zero-order chi connectivity index (χ0) is 15.7. The summed E-state index contributed by atoms with van der Waals surface area (Å²) in [6.45, 7) is 13.8. The first-order valence-electron chi connectivity index (χ1n) is 7.92. The van der Waals surface area contributed by atoms with Gasteiger partial charge < -0.3 is 10.5 Å². The number of aryl methyl sites for hydroxylation is 1. The van der Waals surface area contributed by atoms with E-state index in [-0.39, 0.29) is 17.2 Å². The minimum atomic E-state index is -0.0888. The third-order valence-corrected chi connectivity index (χ3v) is 4.11. The molecular formula is C18H30N2O. The van der Waals surface area contributed by atoms with Gasteiger partial charge in [-0.25, -0.2) is 0 Å². The molecule has 0 bridgehead atoms. The minimum absolute atomic E-state index is 0.0888. The summed E-state index contributed by atoms with van der Waals surface area (Å²) < 4.78 is 6.13. The van der Waals surface area contributed by atoms with Crippen LogP contribution in [-0.4, -0.2) is 35.7 Å². The predicted octanol–water partition coefficient (Wildman–Crippen LogP) is 3.27. The Kier molecular flexibility index (Phi) is 4.76. The quantitative estimate of drug-likeness (QED) is 0.925. The molecule has 118 valence electrons. The average molecular weight is 290 g/mol. The normalized spacial score (nSPS) is 23.0. The lowest BCUT2D eigenvalue weighted by Crippen LogP contribution is -2.57. The first-order chi connectivity index (χ1) is 9.69. The number of benzene rings is 1. The maximum absolute atomic E-state index is 6.39. The highest BCUT2D eigenvalue weighted by Gasteiger charge is 2.37. The first-order valence-corrected chi connectivity index (χ1v) is 7.92. The van der Waals surface area contributed by atoms with Crippen molar-refractivity contribution in [1.82, 2.24) is 4.90 Å². The molecule has 1 aromatic carbocycles. The van der Waals surface area contributed by atoms with Gasteiger partial charge in [0.05, 0.1) is 11.2 Å². The molecule has 21 heavy (non-hydrogen) atoms. The van der Waals surface area contributed by atoms with Crippen LogP contribution in [0.4, 0.5) is 0 Å². The summed E-state index contributed by atoms with van der Waals surface area (Å²) in [7, 11) is 0. The van der Waals surface area contributed by atoms with E-state index in [1.165, 1.54) is 11.1 Å². The summed E-state index contributed by atoms with van der Waals surface area (Å²) in [5.41, 5.74) is 8.77. The van der Waals surface area contributed by atoms with Crippen molar-refractivity contribution in [3.05, 3.63) is 35.4 Å². The zero-order valence-corrected chi connectivity index (χ0v) is 14.1. The Morgan fingerprint density at radius 2 is 1.71 bits per heavy atom.